The zero-order valence-corrected chi connectivity index (χ0v) is 56.8. The first-order valence-electron chi connectivity index (χ1n) is 38.2. The van der Waals surface area contributed by atoms with Crippen molar-refractivity contribution in [3.05, 3.63) is 12.2 Å². The van der Waals surface area contributed by atoms with Crippen molar-refractivity contribution in [2.45, 2.75) is 451 Å². The fraction of sp³-hybridized carbons (Fsp3) is 0.935. The van der Waals surface area contributed by atoms with E-state index in [1.54, 1.807) is 0 Å². The molecule has 0 aromatic heterocycles. The number of rotatable bonds is 72. The average molecular weight is 1170 g/mol. The first kappa shape index (κ1) is 81.2. The van der Waals surface area contributed by atoms with Crippen LogP contribution in [0.1, 0.15) is 445 Å². The third-order valence-corrected chi connectivity index (χ3v) is 17.8. The highest BCUT2D eigenvalue weighted by Gasteiger charge is 2.20. The molecule has 0 aromatic carbocycles. The molecule has 0 saturated carbocycles. The molecule has 0 aromatic rings. The molecule has 1 atom stereocenters. The number of hydrogen-bond acceptors (Lipinski definition) is 6. The maximum Gasteiger partial charge on any atom is 0.306 e. The van der Waals surface area contributed by atoms with E-state index in [1.807, 2.05) is 0 Å². The van der Waals surface area contributed by atoms with Crippen molar-refractivity contribution in [2.24, 2.45) is 0 Å². The lowest BCUT2D eigenvalue weighted by molar-refractivity contribution is -0.167. The van der Waals surface area contributed by atoms with Crippen LogP contribution in [0, 0.1) is 0 Å². The Labute approximate surface area is 520 Å². The molecule has 1 unspecified atom stereocenters. The molecule has 0 bridgehead atoms. The van der Waals surface area contributed by atoms with Crippen molar-refractivity contribution in [3.63, 3.8) is 0 Å². The Morgan fingerprint density at radius 1 is 0.229 bits per heavy atom. The SMILES string of the molecule is CCCCCCCCCC/C=C\CCCCCCCCCCCC(=O)OC(COC(=O)CCCCCCCCCCCCCCC)COC(=O)CCCCCCCCCCCCCCCCCCCCCCCCCCCCCCCCC. The summed E-state index contributed by atoms with van der Waals surface area (Å²) in [6.07, 6.45) is 88.4. The number of carbonyl (C=O) groups is 3. The second-order valence-electron chi connectivity index (χ2n) is 26.3. The molecule has 0 saturated heterocycles. The van der Waals surface area contributed by atoms with Crippen LogP contribution < -0.4 is 0 Å². The topological polar surface area (TPSA) is 78.9 Å². The normalized spacial score (nSPS) is 12.0. The molecular weight excluding hydrogens is 1020 g/mol. The summed E-state index contributed by atoms with van der Waals surface area (Å²) >= 11 is 0. The Balaban J connectivity index is 4.13. The lowest BCUT2D eigenvalue weighted by atomic mass is 10.0. The first-order chi connectivity index (χ1) is 41.0. The summed E-state index contributed by atoms with van der Waals surface area (Å²) in [5.41, 5.74) is 0. The summed E-state index contributed by atoms with van der Waals surface area (Å²) in [7, 11) is 0. The monoisotopic (exact) mass is 1170 g/mol. The van der Waals surface area contributed by atoms with E-state index in [4.69, 9.17) is 14.2 Å². The highest BCUT2D eigenvalue weighted by molar-refractivity contribution is 5.71. The number of unbranched alkanes of at least 4 members (excludes halogenated alkanes) is 59. The van der Waals surface area contributed by atoms with Gasteiger partial charge in [0.05, 0.1) is 0 Å². The van der Waals surface area contributed by atoms with E-state index in [0.717, 1.165) is 57.8 Å². The Kier molecular flexibility index (Phi) is 71.0. The van der Waals surface area contributed by atoms with E-state index in [1.165, 1.54) is 347 Å². The van der Waals surface area contributed by atoms with Crippen LogP contribution in [-0.2, 0) is 28.6 Å². The molecule has 0 amide bonds. The molecule has 0 rings (SSSR count). The van der Waals surface area contributed by atoms with Gasteiger partial charge < -0.3 is 14.2 Å². The van der Waals surface area contributed by atoms with Gasteiger partial charge in [-0.15, -0.1) is 0 Å². The van der Waals surface area contributed by atoms with E-state index in [0.29, 0.717) is 19.3 Å². The van der Waals surface area contributed by atoms with Gasteiger partial charge in [0.1, 0.15) is 13.2 Å². The molecule has 0 aliphatic rings. The Morgan fingerprint density at radius 3 is 0.602 bits per heavy atom. The maximum atomic E-state index is 13.0. The minimum absolute atomic E-state index is 0.0637. The van der Waals surface area contributed by atoms with Crippen LogP contribution in [0.15, 0.2) is 12.2 Å². The van der Waals surface area contributed by atoms with Crippen LogP contribution in [0.3, 0.4) is 0 Å². The molecule has 0 aliphatic carbocycles. The van der Waals surface area contributed by atoms with Crippen molar-refractivity contribution < 1.29 is 28.6 Å². The molecule has 83 heavy (non-hydrogen) atoms. The Bertz CT molecular complexity index is 1300. The fourth-order valence-corrected chi connectivity index (χ4v) is 12.0. The predicted molar refractivity (Wildman–Crippen MR) is 363 cm³/mol. The zero-order chi connectivity index (χ0) is 59.9. The van der Waals surface area contributed by atoms with Gasteiger partial charge in [-0.1, -0.05) is 392 Å². The minimum Gasteiger partial charge on any atom is -0.462 e. The smallest absolute Gasteiger partial charge is 0.306 e. The summed E-state index contributed by atoms with van der Waals surface area (Å²) in [4.78, 5) is 38.5. The number of esters is 3. The summed E-state index contributed by atoms with van der Waals surface area (Å²) < 4.78 is 17.0. The van der Waals surface area contributed by atoms with E-state index >= 15 is 0 Å². The summed E-state index contributed by atoms with van der Waals surface area (Å²) in [6.45, 7) is 6.73. The van der Waals surface area contributed by atoms with E-state index in [9.17, 15) is 14.4 Å². The van der Waals surface area contributed by atoms with Gasteiger partial charge in [0.25, 0.3) is 0 Å². The van der Waals surface area contributed by atoms with Gasteiger partial charge in [-0.25, -0.2) is 0 Å². The van der Waals surface area contributed by atoms with Crippen LogP contribution in [0.4, 0.5) is 0 Å². The van der Waals surface area contributed by atoms with Crippen LogP contribution in [0.25, 0.3) is 0 Å². The molecule has 0 heterocycles. The van der Waals surface area contributed by atoms with Gasteiger partial charge in [-0.2, -0.15) is 0 Å². The van der Waals surface area contributed by atoms with Crippen molar-refractivity contribution in [2.75, 3.05) is 13.2 Å². The molecule has 0 radical (unpaired) electrons. The highest BCUT2D eigenvalue weighted by atomic mass is 16.6. The van der Waals surface area contributed by atoms with Crippen LogP contribution in [0.2, 0.25) is 0 Å². The third-order valence-electron chi connectivity index (χ3n) is 17.8. The second kappa shape index (κ2) is 72.6. The molecule has 0 N–H and O–H groups in total. The summed E-state index contributed by atoms with van der Waals surface area (Å²) in [6, 6.07) is 0. The van der Waals surface area contributed by atoms with Crippen molar-refractivity contribution in [3.8, 4) is 0 Å². The molecule has 0 fully saturated rings. The number of allylic oxidation sites excluding steroid dienone is 2. The standard InChI is InChI=1S/C77H148O6/c1-4-7-10-13-16-19-22-25-27-29-31-33-34-35-36-37-38-39-40-41-42-44-45-47-49-52-55-58-61-64-67-70-76(79)82-73-74(72-81-75(78)69-66-63-60-57-54-51-24-21-18-15-12-9-6-3)83-77(80)71-68-65-62-59-56-53-50-48-46-43-32-30-28-26-23-20-17-14-11-8-5-2/h30,32,74H,4-29,31,33-73H2,1-3H3/b32-30-. The van der Waals surface area contributed by atoms with Crippen LogP contribution in [0.5, 0.6) is 0 Å². The predicted octanol–water partition coefficient (Wildman–Crippen LogP) is 26.3. The fourth-order valence-electron chi connectivity index (χ4n) is 12.0. The second-order valence-corrected chi connectivity index (χ2v) is 26.3. The van der Waals surface area contributed by atoms with Gasteiger partial charge in [0.2, 0.25) is 0 Å². The van der Waals surface area contributed by atoms with Gasteiger partial charge in [-0.05, 0) is 44.9 Å². The van der Waals surface area contributed by atoms with Gasteiger partial charge >= 0.3 is 17.9 Å². The molecular formula is C77H148O6. The quantitative estimate of drug-likeness (QED) is 0.0261. The largest absolute Gasteiger partial charge is 0.462 e. The summed E-state index contributed by atoms with van der Waals surface area (Å²) in [5, 5.41) is 0. The summed E-state index contributed by atoms with van der Waals surface area (Å²) in [5.74, 6) is -0.828. The lowest BCUT2D eigenvalue weighted by Gasteiger charge is -2.18. The van der Waals surface area contributed by atoms with Gasteiger partial charge in [0, 0.05) is 19.3 Å². The van der Waals surface area contributed by atoms with Crippen molar-refractivity contribution in [1.82, 2.24) is 0 Å². The Hall–Kier alpha value is -1.85. The molecule has 492 valence electrons. The zero-order valence-electron chi connectivity index (χ0n) is 56.8. The van der Waals surface area contributed by atoms with Crippen molar-refractivity contribution in [1.29, 1.82) is 0 Å². The number of carbonyl (C=O) groups excluding carboxylic acids is 3. The molecule has 0 spiro atoms. The first-order valence-corrected chi connectivity index (χ1v) is 38.2. The van der Waals surface area contributed by atoms with Crippen LogP contribution in [-0.4, -0.2) is 37.2 Å². The van der Waals surface area contributed by atoms with E-state index < -0.39 is 6.10 Å². The number of hydrogen-bond donors (Lipinski definition) is 0. The third kappa shape index (κ3) is 70.8. The van der Waals surface area contributed by atoms with E-state index in [2.05, 4.69) is 32.9 Å². The number of ether oxygens (including phenoxy) is 3. The van der Waals surface area contributed by atoms with Gasteiger partial charge in [0.15, 0.2) is 6.10 Å². The highest BCUT2D eigenvalue weighted by Crippen LogP contribution is 2.20. The maximum absolute atomic E-state index is 13.0. The molecule has 6 nitrogen and oxygen atoms in total. The average Bonchev–Trinajstić information content (AvgIpc) is 3.49. The molecule has 0 aliphatic heterocycles. The van der Waals surface area contributed by atoms with Crippen LogP contribution >= 0.6 is 0 Å². The van der Waals surface area contributed by atoms with Gasteiger partial charge in [-0.3, -0.25) is 14.4 Å². The molecule has 6 heteroatoms. The lowest BCUT2D eigenvalue weighted by Crippen LogP contribution is -2.30. The van der Waals surface area contributed by atoms with E-state index in [-0.39, 0.29) is 31.1 Å². The minimum atomic E-state index is -0.768. The Morgan fingerprint density at radius 2 is 0.398 bits per heavy atom. The van der Waals surface area contributed by atoms with Crippen molar-refractivity contribution >= 4 is 17.9 Å².